The Morgan fingerprint density at radius 3 is 1.27 bits per heavy atom. The van der Waals surface area contributed by atoms with E-state index in [9.17, 15) is 10.2 Å². The second-order valence-corrected chi connectivity index (χ2v) is 5.48. The van der Waals surface area contributed by atoms with Crippen LogP contribution in [-0.2, 0) is 0 Å². The van der Waals surface area contributed by atoms with Gasteiger partial charge in [0.15, 0.2) is 0 Å². The molecule has 0 atom stereocenters. The van der Waals surface area contributed by atoms with Gasteiger partial charge in [-0.3, -0.25) is 0 Å². The lowest BCUT2D eigenvalue weighted by atomic mass is 9.87. The fourth-order valence-electron chi connectivity index (χ4n) is 2.88. The molecular formula is C20H18O2. The van der Waals surface area contributed by atoms with Crippen LogP contribution in [0.25, 0.3) is 22.3 Å². The van der Waals surface area contributed by atoms with Gasteiger partial charge >= 0.3 is 0 Å². The third-order valence-electron chi connectivity index (χ3n) is 3.97. The summed E-state index contributed by atoms with van der Waals surface area (Å²) in [5, 5.41) is 20.5. The molecule has 0 aromatic heterocycles. The smallest absolute Gasteiger partial charge is 0.123 e. The van der Waals surface area contributed by atoms with Crippen LogP contribution in [0, 0.1) is 13.8 Å². The van der Waals surface area contributed by atoms with E-state index in [0.29, 0.717) is 0 Å². The van der Waals surface area contributed by atoms with Crippen LogP contribution in [0.5, 0.6) is 11.5 Å². The van der Waals surface area contributed by atoms with Gasteiger partial charge in [0, 0.05) is 11.1 Å². The highest BCUT2D eigenvalue weighted by atomic mass is 16.3. The topological polar surface area (TPSA) is 40.5 Å². The van der Waals surface area contributed by atoms with Gasteiger partial charge in [-0.2, -0.15) is 0 Å². The maximum atomic E-state index is 10.3. The lowest BCUT2D eigenvalue weighted by Crippen LogP contribution is -1.93. The van der Waals surface area contributed by atoms with Crippen molar-refractivity contribution in [2.45, 2.75) is 13.8 Å². The van der Waals surface area contributed by atoms with Crippen molar-refractivity contribution in [3.05, 3.63) is 71.8 Å². The molecule has 0 radical (unpaired) electrons. The van der Waals surface area contributed by atoms with E-state index in [1.165, 1.54) is 0 Å². The molecule has 3 aromatic rings. The Hall–Kier alpha value is -2.74. The predicted octanol–water partition coefficient (Wildman–Crippen LogP) is 5.05. The van der Waals surface area contributed by atoms with Crippen molar-refractivity contribution in [2.75, 3.05) is 0 Å². The van der Waals surface area contributed by atoms with Gasteiger partial charge in [0.2, 0.25) is 0 Å². The van der Waals surface area contributed by atoms with Crippen LogP contribution in [0.3, 0.4) is 0 Å². The summed E-state index contributed by atoms with van der Waals surface area (Å²) in [5.41, 5.74) is 5.60. The number of hydrogen-bond acceptors (Lipinski definition) is 2. The molecule has 2 N–H and O–H groups in total. The minimum Gasteiger partial charge on any atom is -0.507 e. The molecule has 0 saturated heterocycles. The van der Waals surface area contributed by atoms with Crippen molar-refractivity contribution in [3.63, 3.8) is 0 Å². The summed E-state index contributed by atoms with van der Waals surface area (Å²) < 4.78 is 0. The first kappa shape index (κ1) is 14.2. The van der Waals surface area contributed by atoms with Gasteiger partial charge in [0.1, 0.15) is 11.5 Å². The summed E-state index contributed by atoms with van der Waals surface area (Å²) in [6.07, 6.45) is 0. The largest absolute Gasteiger partial charge is 0.507 e. The Labute approximate surface area is 130 Å². The van der Waals surface area contributed by atoms with Gasteiger partial charge in [-0.05, 0) is 48.2 Å². The molecule has 0 bridgehead atoms. The van der Waals surface area contributed by atoms with E-state index in [2.05, 4.69) is 0 Å². The Kier molecular flexibility index (Phi) is 3.60. The molecule has 3 aromatic carbocycles. The first-order valence-corrected chi connectivity index (χ1v) is 7.26. The lowest BCUT2D eigenvalue weighted by molar-refractivity contribution is 0.476. The zero-order valence-corrected chi connectivity index (χ0v) is 12.7. The van der Waals surface area contributed by atoms with Crippen molar-refractivity contribution in [1.82, 2.24) is 0 Å². The molecule has 0 aliphatic carbocycles. The quantitative estimate of drug-likeness (QED) is 0.693. The first-order chi connectivity index (χ1) is 10.6. The molecule has 110 valence electrons. The Morgan fingerprint density at radius 1 is 0.545 bits per heavy atom. The number of rotatable bonds is 2. The molecule has 0 aliphatic heterocycles. The van der Waals surface area contributed by atoms with Gasteiger partial charge in [0.25, 0.3) is 0 Å². The SMILES string of the molecule is Cc1ccc(C)c(-c2ccccc2O)c1-c1ccccc1O. The summed E-state index contributed by atoms with van der Waals surface area (Å²) >= 11 is 0. The number of aromatic hydroxyl groups is 2. The maximum Gasteiger partial charge on any atom is 0.123 e. The normalized spacial score (nSPS) is 10.6. The van der Waals surface area contributed by atoms with Crippen LogP contribution < -0.4 is 0 Å². The summed E-state index contributed by atoms with van der Waals surface area (Å²) in [4.78, 5) is 0. The van der Waals surface area contributed by atoms with Crippen molar-refractivity contribution >= 4 is 0 Å². The molecule has 2 nitrogen and oxygen atoms in total. The number of phenolic OH excluding ortho intramolecular Hbond substituents is 2. The van der Waals surface area contributed by atoms with E-state index in [-0.39, 0.29) is 11.5 Å². The van der Waals surface area contributed by atoms with E-state index >= 15 is 0 Å². The molecule has 22 heavy (non-hydrogen) atoms. The van der Waals surface area contributed by atoms with Gasteiger partial charge < -0.3 is 10.2 Å². The Bertz CT molecular complexity index is 764. The van der Waals surface area contributed by atoms with Crippen molar-refractivity contribution < 1.29 is 10.2 Å². The van der Waals surface area contributed by atoms with Crippen LogP contribution >= 0.6 is 0 Å². The Balaban J connectivity index is 2.39. The fourth-order valence-corrected chi connectivity index (χ4v) is 2.88. The van der Waals surface area contributed by atoms with Crippen LogP contribution in [0.4, 0.5) is 0 Å². The first-order valence-electron chi connectivity index (χ1n) is 7.26. The van der Waals surface area contributed by atoms with Gasteiger partial charge in [-0.1, -0.05) is 48.5 Å². The molecule has 0 spiro atoms. The molecule has 0 aliphatic rings. The van der Waals surface area contributed by atoms with Crippen LogP contribution in [0.2, 0.25) is 0 Å². The zero-order chi connectivity index (χ0) is 15.7. The number of hydrogen-bond donors (Lipinski definition) is 2. The van der Waals surface area contributed by atoms with Crippen LogP contribution in [-0.4, -0.2) is 10.2 Å². The van der Waals surface area contributed by atoms with Gasteiger partial charge in [-0.15, -0.1) is 0 Å². The van der Waals surface area contributed by atoms with Crippen LogP contribution in [0.15, 0.2) is 60.7 Å². The molecule has 0 heterocycles. The molecule has 0 amide bonds. The van der Waals surface area contributed by atoms with E-state index in [0.717, 1.165) is 33.4 Å². The molecule has 2 heteroatoms. The highest BCUT2D eigenvalue weighted by Crippen LogP contribution is 2.43. The van der Waals surface area contributed by atoms with Crippen molar-refractivity contribution in [3.8, 4) is 33.8 Å². The number of para-hydroxylation sites is 2. The average molecular weight is 290 g/mol. The van der Waals surface area contributed by atoms with E-state index in [1.54, 1.807) is 12.1 Å². The van der Waals surface area contributed by atoms with Gasteiger partial charge in [0.05, 0.1) is 0 Å². The highest BCUT2D eigenvalue weighted by molar-refractivity contribution is 5.91. The second kappa shape index (κ2) is 5.57. The van der Waals surface area contributed by atoms with Crippen molar-refractivity contribution in [1.29, 1.82) is 0 Å². The highest BCUT2D eigenvalue weighted by Gasteiger charge is 2.17. The summed E-state index contributed by atoms with van der Waals surface area (Å²) in [5.74, 6) is 0.487. The summed E-state index contributed by atoms with van der Waals surface area (Å²) in [7, 11) is 0. The predicted molar refractivity (Wildman–Crippen MR) is 90.1 cm³/mol. The maximum absolute atomic E-state index is 10.3. The molecular weight excluding hydrogens is 272 g/mol. The van der Waals surface area contributed by atoms with E-state index in [1.807, 2.05) is 62.4 Å². The molecule has 0 unspecified atom stereocenters. The fraction of sp³-hybridized carbons (Fsp3) is 0.100. The minimum atomic E-state index is 0.243. The monoisotopic (exact) mass is 290 g/mol. The number of phenols is 2. The number of aryl methyl sites for hydroxylation is 2. The number of benzene rings is 3. The van der Waals surface area contributed by atoms with E-state index in [4.69, 9.17) is 0 Å². The van der Waals surface area contributed by atoms with Crippen LogP contribution in [0.1, 0.15) is 11.1 Å². The second-order valence-electron chi connectivity index (χ2n) is 5.48. The standard InChI is InChI=1S/C20H18O2/c1-13-11-12-14(2)20(16-8-4-6-10-18(16)22)19(13)15-7-3-5-9-17(15)21/h3-12,21-22H,1-2H3. The molecule has 0 fully saturated rings. The zero-order valence-electron chi connectivity index (χ0n) is 12.7. The van der Waals surface area contributed by atoms with Gasteiger partial charge in [-0.25, -0.2) is 0 Å². The third-order valence-corrected chi connectivity index (χ3v) is 3.97. The average Bonchev–Trinajstić information content (AvgIpc) is 2.51. The minimum absolute atomic E-state index is 0.243. The van der Waals surface area contributed by atoms with E-state index < -0.39 is 0 Å². The summed E-state index contributed by atoms with van der Waals surface area (Å²) in [6.45, 7) is 4.04. The third kappa shape index (κ3) is 2.33. The Morgan fingerprint density at radius 2 is 0.909 bits per heavy atom. The summed E-state index contributed by atoms with van der Waals surface area (Å²) in [6, 6.07) is 18.7. The lowest BCUT2D eigenvalue weighted by Gasteiger charge is -2.18. The van der Waals surface area contributed by atoms with Crippen molar-refractivity contribution in [2.24, 2.45) is 0 Å². The molecule has 3 rings (SSSR count). The molecule has 0 saturated carbocycles.